The molecule has 4 N–H and O–H groups in total. The molecule has 0 saturated heterocycles. The van der Waals surface area contributed by atoms with Gasteiger partial charge >= 0.3 is 0 Å². The van der Waals surface area contributed by atoms with Crippen molar-refractivity contribution < 1.29 is 34.4 Å². The van der Waals surface area contributed by atoms with Gasteiger partial charge in [0, 0.05) is 24.6 Å². The van der Waals surface area contributed by atoms with Gasteiger partial charge in [0.1, 0.15) is 12.2 Å². The molecule has 4 rings (SSSR count). The van der Waals surface area contributed by atoms with E-state index in [1.807, 2.05) is 35.2 Å². The number of halogens is 1. The van der Waals surface area contributed by atoms with E-state index in [0.717, 1.165) is 44.1 Å². The highest BCUT2D eigenvalue weighted by atomic mass is 127. The van der Waals surface area contributed by atoms with Gasteiger partial charge in [-0.15, -0.1) is 0 Å². The lowest BCUT2D eigenvalue weighted by Crippen LogP contribution is -2.58. The van der Waals surface area contributed by atoms with E-state index in [9.17, 15) is 24.9 Å². The summed E-state index contributed by atoms with van der Waals surface area (Å²) < 4.78 is 12.6. The van der Waals surface area contributed by atoms with Gasteiger partial charge < -0.3 is 35.0 Å². The number of hydrogen-bond acceptors (Lipinski definition) is 7. The Balaban J connectivity index is 1.73. The van der Waals surface area contributed by atoms with E-state index in [1.54, 1.807) is 18.2 Å². The second-order valence-electron chi connectivity index (χ2n) is 10.9. The summed E-state index contributed by atoms with van der Waals surface area (Å²) in [5, 5.41) is 33.6. The summed E-state index contributed by atoms with van der Waals surface area (Å²) in [4.78, 5) is 29.1. The maximum Gasteiger partial charge on any atom is 0.247 e. The number of benzene rings is 2. The fourth-order valence-corrected chi connectivity index (χ4v) is 6.71. The van der Waals surface area contributed by atoms with Crippen molar-refractivity contribution in [3.63, 3.8) is 0 Å². The standard InChI is InChI=1S/C32H41IN2O7/c1-41-28-16-22(20-37)15-25(33)31(28)42-27-19-23(32(40)34-13-14-36)18-26(30(27)39)35(24-11-7-2-3-8-12-24)29(38)17-21-9-5-4-6-10-21/h4-6,9-10,15-16,19,24,26-27,30,36-37,39H,2-3,7-8,11-14,17-18,20H2,1H3,(H,34,40). The zero-order valence-electron chi connectivity index (χ0n) is 24.0. The van der Waals surface area contributed by atoms with Gasteiger partial charge in [0.25, 0.3) is 0 Å². The van der Waals surface area contributed by atoms with E-state index in [1.165, 1.54) is 7.11 Å². The molecule has 2 amide bonds. The number of carbonyl (C=O) groups is 2. The van der Waals surface area contributed by atoms with Crippen LogP contribution >= 0.6 is 22.6 Å². The lowest BCUT2D eigenvalue weighted by atomic mass is 9.86. The number of aliphatic hydroxyl groups excluding tert-OH is 3. The first-order valence-corrected chi connectivity index (χ1v) is 15.7. The van der Waals surface area contributed by atoms with Gasteiger partial charge in [-0.25, -0.2) is 0 Å². The van der Waals surface area contributed by atoms with Gasteiger partial charge in [0.15, 0.2) is 11.5 Å². The van der Waals surface area contributed by atoms with Crippen LogP contribution in [-0.2, 0) is 22.6 Å². The summed E-state index contributed by atoms with van der Waals surface area (Å²) in [6.45, 7) is -0.292. The summed E-state index contributed by atoms with van der Waals surface area (Å²) >= 11 is 2.09. The predicted octanol–water partition coefficient (Wildman–Crippen LogP) is 3.50. The van der Waals surface area contributed by atoms with Crippen molar-refractivity contribution in [2.75, 3.05) is 20.3 Å². The predicted molar refractivity (Wildman–Crippen MR) is 167 cm³/mol. The van der Waals surface area contributed by atoms with E-state index >= 15 is 0 Å². The minimum absolute atomic E-state index is 0.0672. The van der Waals surface area contributed by atoms with Gasteiger partial charge in [-0.1, -0.05) is 56.0 Å². The van der Waals surface area contributed by atoms with Gasteiger partial charge in [0.05, 0.1) is 36.4 Å². The average molecular weight is 693 g/mol. The minimum Gasteiger partial charge on any atom is -0.493 e. The van der Waals surface area contributed by atoms with Crippen molar-refractivity contribution in [2.24, 2.45) is 0 Å². The van der Waals surface area contributed by atoms with Gasteiger partial charge in [-0.3, -0.25) is 9.59 Å². The number of nitrogens with one attached hydrogen (secondary N) is 1. The second kappa shape index (κ2) is 15.7. The second-order valence-corrected chi connectivity index (χ2v) is 12.1. The molecular weight excluding hydrogens is 651 g/mol. The first kappa shape index (κ1) is 32.2. The van der Waals surface area contributed by atoms with Crippen molar-refractivity contribution in [1.82, 2.24) is 10.2 Å². The summed E-state index contributed by atoms with van der Waals surface area (Å²) in [5.41, 5.74) is 1.92. The fraction of sp³-hybridized carbons (Fsp3) is 0.500. The van der Waals surface area contributed by atoms with Crippen LogP contribution in [0, 0.1) is 3.57 Å². The van der Waals surface area contributed by atoms with E-state index in [4.69, 9.17) is 9.47 Å². The van der Waals surface area contributed by atoms with Crippen molar-refractivity contribution in [3.05, 3.63) is 68.8 Å². The van der Waals surface area contributed by atoms with Crippen LogP contribution in [-0.4, -0.2) is 76.6 Å². The molecule has 0 aliphatic heterocycles. The molecule has 1 saturated carbocycles. The van der Waals surface area contributed by atoms with E-state index < -0.39 is 18.2 Å². The maximum absolute atomic E-state index is 14.1. The molecule has 42 heavy (non-hydrogen) atoms. The number of nitrogens with zero attached hydrogens (tertiary/aromatic N) is 1. The summed E-state index contributed by atoms with van der Waals surface area (Å²) in [7, 11) is 1.50. The first-order valence-electron chi connectivity index (χ1n) is 14.6. The molecule has 2 aliphatic carbocycles. The molecule has 3 atom stereocenters. The van der Waals surface area contributed by atoms with Crippen LogP contribution in [0.1, 0.15) is 56.1 Å². The minimum atomic E-state index is -1.12. The van der Waals surface area contributed by atoms with Crippen LogP contribution in [0.5, 0.6) is 11.5 Å². The van der Waals surface area contributed by atoms with Gasteiger partial charge in [-0.2, -0.15) is 0 Å². The van der Waals surface area contributed by atoms with Crippen molar-refractivity contribution >= 4 is 34.4 Å². The van der Waals surface area contributed by atoms with E-state index in [0.29, 0.717) is 26.2 Å². The molecule has 10 heteroatoms. The highest BCUT2D eigenvalue weighted by Gasteiger charge is 2.43. The number of aliphatic hydroxyl groups is 3. The molecule has 0 spiro atoms. The first-order chi connectivity index (χ1) is 20.4. The van der Waals surface area contributed by atoms with Crippen molar-refractivity contribution in [2.45, 2.75) is 82.3 Å². The smallest absolute Gasteiger partial charge is 0.247 e. The van der Waals surface area contributed by atoms with E-state index in [2.05, 4.69) is 27.9 Å². The van der Waals surface area contributed by atoms with Crippen LogP contribution in [0.2, 0.25) is 0 Å². The topological polar surface area (TPSA) is 129 Å². The van der Waals surface area contributed by atoms with Crippen molar-refractivity contribution in [3.8, 4) is 11.5 Å². The van der Waals surface area contributed by atoms with Crippen LogP contribution in [0.4, 0.5) is 0 Å². The van der Waals surface area contributed by atoms with E-state index in [-0.39, 0.29) is 50.5 Å². The Labute approximate surface area is 261 Å². The summed E-state index contributed by atoms with van der Waals surface area (Å²) in [5.74, 6) is 0.305. The molecule has 228 valence electrons. The number of hydrogen-bond donors (Lipinski definition) is 4. The quantitative estimate of drug-likeness (QED) is 0.210. The Bertz CT molecular complexity index is 1230. The molecule has 2 aliphatic rings. The average Bonchev–Trinajstić information content (AvgIpc) is 3.28. The number of ether oxygens (including phenoxy) is 2. The number of amides is 2. The monoisotopic (exact) mass is 692 g/mol. The molecule has 0 radical (unpaired) electrons. The number of rotatable bonds is 11. The lowest BCUT2D eigenvalue weighted by Gasteiger charge is -2.44. The van der Waals surface area contributed by atoms with Crippen LogP contribution in [0.25, 0.3) is 0 Å². The Morgan fingerprint density at radius 2 is 1.76 bits per heavy atom. The highest BCUT2D eigenvalue weighted by Crippen LogP contribution is 2.38. The number of carbonyl (C=O) groups excluding carboxylic acids is 2. The third-order valence-electron chi connectivity index (χ3n) is 8.00. The zero-order valence-corrected chi connectivity index (χ0v) is 26.2. The van der Waals surface area contributed by atoms with Crippen molar-refractivity contribution in [1.29, 1.82) is 0 Å². The molecule has 9 nitrogen and oxygen atoms in total. The van der Waals surface area contributed by atoms with Crippen LogP contribution < -0.4 is 14.8 Å². The molecule has 0 bridgehead atoms. The third-order valence-corrected chi connectivity index (χ3v) is 8.80. The van der Waals surface area contributed by atoms with Gasteiger partial charge in [-0.05, 0) is 64.8 Å². The molecule has 0 heterocycles. The Morgan fingerprint density at radius 3 is 2.40 bits per heavy atom. The molecular formula is C32H41IN2O7. The van der Waals surface area contributed by atoms with Crippen LogP contribution in [0.15, 0.2) is 54.1 Å². The third kappa shape index (κ3) is 8.03. The Hall–Kier alpha value is -2.67. The molecule has 2 aromatic carbocycles. The molecule has 0 aromatic heterocycles. The molecule has 3 unspecified atom stereocenters. The maximum atomic E-state index is 14.1. The largest absolute Gasteiger partial charge is 0.493 e. The van der Waals surface area contributed by atoms with Gasteiger partial charge in [0.2, 0.25) is 11.8 Å². The Kier molecular flexibility index (Phi) is 12.1. The summed E-state index contributed by atoms with van der Waals surface area (Å²) in [6, 6.07) is 12.2. The fourth-order valence-electron chi connectivity index (χ4n) is 5.92. The molecule has 2 aromatic rings. The number of methoxy groups -OCH3 is 1. The Morgan fingerprint density at radius 1 is 1.05 bits per heavy atom. The SMILES string of the molecule is COc1cc(CO)cc(I)c1OC1C=C(C(=O)NCCO)CC(N(C(=O)Cc2ccccc2)C2CCCCCC2)C1O. The normalized spacial score (nSPS) is 21.2. The molecule has 1 fully saturated rings. The highest BCUT2D eigenvalue weighted by molar-refractivity contribution is 14.1. The summed E-state index contributed by atoms with van der Waals surface area (Å²) in [6.07, 6.45) is 5.74. The lowest BCUT2D eigenvalue weighted by molar-refractivity contribution is -0.142. The van der Waals surface area contributed by atoms with Crippen LogP contribution in [0.3, 0.4) is 0 Å². The zero-order chi connectivity index (χ0) is 30.1.